The quantitative estimate of drug-likeness (QED) is 0.236. The standard InChI is InChI=1S/C27H46ClN3O5/c1-20(2)21(16-24(29)25(32)18-30-13-9-10-22(30)19-35-4)17-31(28)27(33)23-11-5-6-12-26(23)36-15-8-7-14-34-3/h5-6,11-12,20-22,24-25,32H,7-10,13-19,29H2,1-4H3/t21-,22-,24+,25+/m1/s1. The van der Waals surface area contributed by atoms with Gasteiger partial charge >= 0.3 is 0 Å². The van der Waals surface area contributed by atoms with E-state index >= 15 is 0 Å². The maximum Gasteiger partial charge on any atom is 0.271 e. The molecular formula is C27H46ClN3O5. The molecule has 0 unspecified atom stereocenters. The Balaban J connectivity index is 1.94. The fourth-order valence-electron chi connectivity index (χ4n) is 4.68. The zero-order valence-electron chi connectivity index (χ0n) is 22.4. The minimum atomic E-state index is -0.657. The number of aliphatic hydroxyl groups is 1. The summed E-state index contributed by atoms with van der Waals surface area (Å²) >= 11 is 6.52. The third-order valence-electron chi connectivity index (χ3n) is 7.02. The van der Waals surface area contributed by atoms with Gasteiger partial charge in [0.25, 0.3) is 5.91 Å². The van der Waals surface area contributed by atoms with Gasteiger partial charge in [0.1, 0.15) is 5.75 Å². The molecule has 4 atom stereocenters. The molecule has 1 aromatic carbocycles. The maximum absolute atomic E-state index is 13.2. The molecule has 0 radical (unpaired) electrons. The van der Waals surface area contributed by atoms with E-state index in [9.17, 15) is 9.90 Å². The molecule has 1 aliphatic rings. The second-order valence-corrected chi connectivity index (χ2v) is 10.5. The van der Waals surface area contributed by atoms with Crippen molar-refractivity contribution < 1.29 is 24.1 Å². The van der Waals surface area contributed by atoms with E-state index in [1.807, 2.05) is 6.07 Å². The number of unbranched alkanes of at least 4 members (excludes halogenated alkanes) is 1. The lowest BCUT2D eigenvalue weighted by Gasteiger charge is -2.32. The first-order chi connectivity index (χ1) is 17.3. The van der Waals surface area contributed by atoms with Gasteiger partial charge in [-0.1, -0.05) is 26.0 Å². The molecule has 0 bridgehead atoms. The summed E-state index contributed by atoms with van der Waals surface area (Å²) in [5.74, 6) is 0.489. The molecule has 206 valence electrons. The van der Waals surface area contributed by atoms with Crippen molar-refractivity contribution in [2.24, 2.45) is 17.6 Å². The van der Waals surface area contributed by atoms with Gasteiger partial charge in [-0.05, 0) is 62.6 Å². The summed E-state index contributed by atoms with van der Waals surface area (Å²) in [5, 5.41) is 10.8. The van der Waals surface area contributed by atoms with Gasteiger partial charge in [0, 0.05) is 57.8 Å². The van der Waals surface area contributed by atoms with Crippen LogP contribution in [0.1, 0.15) is 56.3 Å². The van der Waals surface area contributed by atoms with Crippen molar-refractivity contribution in [3.8, 4) is 5.75 Å². The van der Waals surface area contributed by atoms with Crippen molar-refractivity contribution in [2.75, 3.05) is 53.7 Å². The van der Waals surface area contributed by atoms with E-state index < -0.39 is 12.1 Å². The van der Waals surface area contributed by atoms with E-state index in [4.69, 9.17) is 31.7 Å². The molecule has 8 nitrogen and oxygen atoms in total. The summed E-state index contributed by atoms with van der Waals surface area (Å²) in [7, 11) is 3.38. The molecule has 0 aromatic heterocycles. The molecule has 0 saturated carbocycles. The molecule has 0 aliphatic carbocycles. The molecule has 1 aromatic rings. The number of hydrogen-bond donors (Lipinski definition) is 2. The number of benzene rings is 1. The van der Waals surface area contributed by atoms with E-state index in [-0.39, 0.29) is 17.7 Å². The van der Waals surface area contributed by atoms with Crippen LogP contribution < -0.4 is 10.5 Å². The largest absolute Gasteiger partial charge is 0.493 e. The molecule has 1 saturated heterocycles. The van der Waals surface area contributed by atoms with Crippen LogP contribution in [-0.2, 0) is 9.47 Å². The number of nitrogens with zero attached hydrogens (tertiary/aromatic N) is 2. The van der Waals surface area contributed by atoms with Crippen molar-refractivity contribution in [3.05, 3.63) is 29.8 Å². The van der Waals surface area contributed by atoms with E-state index in [0.717, 1.165) is 32.2 Å². The van der Waals surface area contributed by atoms with Gasteiger partial charge in [-0.3, -0.25) is 14.1 Å². The minimum absolute atomic E-state index is 0.0339. The van der Waals surface area contributed by atoms with Crippen LogP contribution in [0.4, 0.5) is 0 Å². The maximum atomic E-state index is 13.2. The number of carbonyl (C=O) groups excluding carboxylic acids is 1. The Hall–Kier alpha value is -1.42. The predicted molar refractivity (Wildman–Crippen MR) is 143 cm³/mol. The van der Waals surface area contributed by atoms with Gasteiger partial charge in [0.2, 0.25) is 0 Å². The van der Waals surface area contributed by atoms with Gasteiger partial charge in [-0.2, -0.15) is 0 Å². The Kier molecular flexibility index (Phi) is 14.1. The Bertz CT molecular complexity index is 769. The molecule has 9 heteroatoms. The van der Waals surface area contributed by atoms with Crippen LogP contribution in [0.25, 0.3) is 0 Å². The first kappa shape index (κ1) is 30.8. The van der Waals surface area contributed by atoms with Crippen molar-refractivity contribution in [1.82, 2.24) is 9.32 Å². The lowest BCUT2D eigenvalue weighted by Crippen LogP contribution is -2.47. The molecule has 1 heterocycles. The highest BCUT2D eigenvalue weighted by Gasteiger charge is 2.31. The molecule has 0 spiro atoms. The summed E-state index contributed by atoms with van der Waals surface area (Å²) in [6, 6.07) is 7.08. The Morgan fingerprint density at radius 2 is 1.94 bits per heavy atom. The second kappa shape index (κ2) is 16.4. The molecular weight excluding hydrogens is 482 g/mol. The lowest BCUT2D eigenvalue weighted by molar-refractivity contribution is 0.0515. The Morgan fingerprint density at radius 3 is 2.64 bits per heavy atom. The highest BCUT2D eigenvalue weighted by atomic mass is 35.5. The summed E-state index contributed by atoms with van der Waals surface area (Å²) in [6.07, 6.45) is 3.81. The van der Waals surface area contributed by atoms with Crippen molar-refractivity contribution in [2.45, 2.75) is 64.1 Å². The fraction of sp³-hybridized carbons (Fsp3) is 0.741. The van der Waals surface area contributed by atoms with Crippen molar-refractivity contribution in [1.29, 1.82) is 0 Å². The number of carbonyl (C=O) groups is 1. The first-order valence-corrected chi connectivity index (χ1v) is 13.5. The smallest absolute Gasteiger partial charge is 0.271 e. The number of β-amino-alcohol motifs (C(OH)–C–C–N with tert-alkyl or cyclic N) is 1. The average Bonchev–Trinajstić information content (AvgIpc) is 3.29. The first-order valence-electron chi connectivity index (χ1n) is 13.1. The van der Waals surface area contributed by atoms with Crippen LogP contribution in [-0.4, -0.2) is 92.2 Å². The normalized spacial score (nSPS) is 18.8. The van der Waals surface area contributed by atoms with Crippen LogP contribution in [0.2, 0.25) is 0 Å². The highest BCUT2D eigenvalue weighted by molar-refractivity contribution is 6.24. The highest BCUT2D eigenvalue weighted by Crippen LogP contribution is 2.26. The average molecular weight is 528 g/mol. The third kappa shape index (κ3) is 9.80. The summed E-state index contributed by atoms with van der Waals surface area (Å²) in [5.41, 5.74) is 6.88. The van der Waals surface area contributed by atoms with Gasteiger partial charge in [-0.25, -0.2) is 0 Å². The molecule has 3 N–H and O–H groups in total. The summed E-state index contributed by atoms with van der Waals surface area (Å²) < 4.78 is 17.5. The Labute approximate surface area is 222 Å². The van der Waals surface area contributed by atoms with Crippen LogP contribution in [0, 0.1) is 11.8 Å². The predicted octanol–water partition coefficient (Wildman–Crippen LogP) is 3.55. The number of nitrogens with two attached hydrogens (primary N) is 1. The number of rotatable bonds is 17. The van der Waals surface area contributed by atoms with E-state index in [2.05, 4.69) is 18.7 Å². The number of hydrogen-bond acceptors (Lipinski definition) is 7. The monoisotopic (exact) mass is 527 g/mol. The third-order valence-corrected chi connectivity index (χ3v) is 7.32. The van der Waals surface area contributed by atoms with Gasteiger partial charge in [0.05, 0.1) is 24.9 Å². The SMILES string of the molecule is COCCCCOc1ccccc1C(=O)N(Cl)C[C@@H](C[C@H](N)[C@@H](O)CN1CCC[C@@H]1COC)C(C)C. The minimum Gasteiger partial charge on any atom is -0.493 e. The molecule has 36 heavy (non-hydrogen) atoms. The topological polar surface area (TPSA) is 97.5 Å². The number of ether oxygens (including phenoxy) is 3. The van der Waals surface area contributed by atoms with Crippen LogP contribution in [0.15, 0.2) is 24.3 Å². The number of methoxy groups -OCH3 is 2. The van der Waals surface area contributed by atoms with E-state index in [0.29, 0.717) is 56.7 Å². The molecule has 2 rings (SSSR count). The number of para-hydroxylation sites is 1. The summed E-state index contributed by atoms with van der Waals surface area (Å²) in [4.78, 5) is 15.5. The molecule has 1 amide bonds. The fourth-order valence-corrected chi connectivity index (χ4v) is 4.94. The lowest BCUT2D eigenvalue weighted by atomic mass is 9.87. The number of aliphatic hydroxyl groups excluding tert-OH is 1. The zero-order chi connectivity index (χ0) is 26.5. The van der Waals surface area contributed by atoms with Crippen LogP contribution in [0.3, 0.4) is 0 Å². The Morgan fingerprint density at radius 1 is 1.22 bits per heavy atom. The number of likely N-dealkylation sites (tertiary alicyclic amines) is 1. The van der Waals surface area contributed by atoms with E-state index in [1.54, 1.807) is 32.4 Å². The van der Waals surface area contributed by atoms with Gasteiger partial charge in [0.15, 0.2) is 0 Å². The van der Waals surface area contributed by atoms with E-state index in [1.165, 1.54) is 4.42 Å². The van der Waals surface area contributed by atoms with Crippen molar-refractivity contribution >= 4 is 17.7 Å². The van der Waals surface area contributed by atoms with Crippen molar-refractivity contribution in [3.63, 3.8) is 0 Å². The van der Waals surface area contributed by atoms with Crippen LogP contribution >= 0.6 is 11.8 Å². The number of halogens is 1. The zero-order valence-corrected chi connectivity index (χ0v) is 23.2. The number of amides is 1. The summed E-state index contributed by atoms with van der Waals surface area (Å²) in [6.45, 7) is 7.82. The van der Waals surface area contributed by atoms with Gasteiger partial charge in [-0.15, -0.1) is 0 Å². The van der Waals surface area contributed by atoms with Crippen LogP contribution in [0.5, 0.6) is 5.75 Å². The van der Waals surface area contributed by atoms with Gasteiger partial charge < -0.3 is 25.1 Å². The molecule has 1 fully saturated rings. The second-order valence-electron chi connectivity index (χ2n) is 10.1. The molecule has 1 aliphatic heterocycles.